The fourth-order valence-electron chi connectivity index (χ4n) is 1.09. The molecule has 1 aliphatic rings. The topological polar surface area (TPSA) is 54.3 Å². The Balaban J connectivity index is 2.13. The third kappa shape index (κ3) is 1.12. The summed E-state index contributed by atoms with van der Waals surface area (Å²) >= 11 is 0. The minimum absolute atomic E-state index is 0.00593. The molecule has 0 radical (unpaired) electrons. The highest BCUT2D eigenvalue weighted by atomic mass is 16.3. The first-order chi connectivity index (χ1) is 5.36. The highest BCUT2D eigenvalue weighted by Crippen LogP contribution is 2.12. The van der Waals surface area contributed by atoms with Gasteiger partial charge in [-0.05, 0) is 12.1 Å². The van der Waals surface area contributed by atoms with Gasteiger partial charge in [-0.1, -0.05) is 0 Å². The van der Waals surface area contributed by atoms with Crippen LogP contribution in [0, 0.1) is 0 Å². The summed E-state index contributed by atoms with van der Waals surface area (Å²) in [7, 11) is 0. The van der Waals surface area contributed by atoms with Crippen LogP contribution in [0.2, 0.25) is 0 Å². The van der Waals surface area contributed by atoms with Gasteiger partial charge >= 0.3 is 0 Å². The van der Waals surface area contributed by atoms with Crippen LogP contribution >= 0.6 is 0 Å². The molecule has 1 fully saturated rings. The lowest BCUT2D eigenvalue weighted by Gasteiger charge is -2.04. The Kier molecular flexibility index (Phi) is 1.40. The normalized spacial score (nSPS) is 23.6. The van der Waals surface area contributed by atoms with E-state index in [9.17, 15) is 4.79 Å². The Morgan fingerprint density at radius 2 is 2.55 bits per heavy atom. The van der Waals surface area contributed by atoms with E-state index in [0.29, 0.717) is 6.54 Å². The molecule has 58 valence electrons. The average molecular weight is 152 g/mol. The van der Waals surface area contributed by atoms with Gasteiger partial charge in [0.25, 0.3) is 0 Å². The van der Waals surface area contributed by atoms with E-state index in [1.54, 1.807) is 12.3 Å². The third-order valence-corrected chi connectivity index (χ3v) is 1.60. The van der Waals surface area contributed by atoms with Gasteiger partial charge in [-0.3, -0.25) is 10.1 Å². The molecule has 4 nitrogen and oxygen atoms in total. The monoisotopic (exact) mass is 152 g/mol. The predicted octanol–water partition coefficient (Wildman–Crippen LogP) is -0.00240. The van der Waals surface area contributed by atoms with Crippen molar-refractivity contribution >= 4 is 5.91 Å². The molecule has 2 rings (SSSR count). The third-order valence-electron chi connectivity index (χ3n) is 1.60. The molecule has 0 aromatic carbocycles. The lowest BCUT2D eigenvalue weighted by Crippen LogP contribution is -2.21. The molecule has 2 N–H and O–H groups in total. The van der Waals surface area contributed by atoms with Crippen molar-refractivity contribution < 1.29 is 9.21 Å². The van der Waals surface area contributed by atoms with Crippen molar-refractivity contribution in [3.05, 3.63) is 24.2 Å². The van der Waals surface area contributed by atoms with E-state index >= 15 is 0 Å². The Morgan fingerprint density at radius 1 is 1.64 bits per heavy atom. The standard InChI is InChI=1S/C7H8N2O2/c10-6-4-8-7(9-6)5-2-1-3-11-5/h1-3,7-8H,4H2,(H,9,10). The molecule has 0 saturated carbocycles. The van der Waals surface area contributed by atoms with E-state index in [0.717, 1.165) is 5.76 Å². The van der Waals surface area contributed by atoms with Gasteiger partial charge in [0.05, 0.1) is 12.8 Å². The molecule has 1 amide bonds. The van der Waals surface area contributed by atoms with Crippen LogP contribution in [0.25, 0.3) is 0 Å². The summed E-state index contributed by atoms with van der Waals surface area (Å²) in [6, 6.07) is 3.62. The Hall–Kier alpha value is -1.29. The highest BCUT2D eigenvalue weighted by molar-refractivity contribution is 5.80. The molecule has 1 saturated heterocycles. The number of hydrogen-bond acceptors (Lipinski definition) is 3. The van der Waals surface area contributed by atoms with E-state index in [2.05, 4.69) is 10.6 Å². The number of hydrogen-bond donors (Lipinski definition) is 2. The summed E-state index contributed by atoms with van der Waals surface area (Å²) in [6.45, 7) is 0.366. The fourth-order valence-corrected chi connectivity index (χ4v) is 1.09. The van der Waals surface area contributed by atoms with Crippen LogP contribution in [-0.2, 0) is 4.79 Å². The molecule has 1 aromatic rings. The molecular formula is C7H8N2O2. The largest absolute Gasteiger partial charge is 0.466 e. The van der Waals surface area contributed by atoms with Crippen molar-refractivity contribution in [2.45, 2.75) is 6.17 Å². The van der Waals surface area contributed by atoms with Crippen molar-refractivity contribution in [2.24, 2.45) is 0 Å². The van der Waals surface area contributed by atoms with E-state index in [4.69, 9.17) is 4.42 Å². The molecule has 11 heavy (non-hydrogen) atoms. The number of amides is 1. The molecule has 0 aliphatic carbocycles. The van der Waals surface area contributed by atoms with E-state index in [-0.39, 0.29) is 12.1 Å². The SMILES string of the molecule is O=C1CNC(c2ccco2)N1. The second-order valence-corrected chi connectivity index (χ2v) is 2.40. The van der Waals surface area contributed by atoms with Crippen LogP contribution in [0.5, 0.6) is 0 Å². The minimum atomic E-state index is -0.141. The second kappa shape index (κ2) is 2.39. The van der Waals surface area contributed by atoms with Gasteiger partial charge in [0, 0.05) is 0 Å². The highest BCUT2D eigenvalue weighted by Gasteiger charge is 2.22. The zero-order valence-corrected chi connectivity index (χ0v) is 5.83. The number of carbonyl (C=O) groups is 1. The van der Waals surface area contributed by atoms with Gasteiger partial charge < -0.3 is 9.73 Å². The Bertz CT molecular complexity index is 255. The quantitative estimate of drug-likeness (QED) is 0.595. The molecule has 1 atom stereocenters. The lowest BCUT2D eigenvalue weighted by molar-refractivity contribution is -0.118. The molecule has 1 aliphatic heterocycles. The summed E-state index contributed by atoms with van der Waals surface area (Å²) in [4.78, 5) is 10.7. The number of furan rings is 1. The molecule has 0 bridgehead atoms. The van der Waals surface area contributed by atoms with Crippen molar-refractivity contribution in [3.8, 4) is 0 Å². The zero-order valence-electron chi connectivity index (χ0n) is 5.83. The molecule has 2 heterocycles. The fraction of sp³-hybridized carbons (Fsp3) is 0.286. The summed E-state index contributed by atoms with van der Waals surface area (Å²) in [6.07, 6.45) is 1.44. The van der Waals surface area contributed by atoms with Crippen LogP contribution in [0.1, 0.15) is 11.9 Å². The lowest BCUT2D eigenvalue weighted by atomic mass is 10.4. The van der Waals surface area contributed by atoms with Gasteiger partial charge in [0.2, 0.25) is 5.91 Å². The van der Waals surface area contributed by atoms with E-state index < -0.39 is 0 Å². The maximum absolute atomic E-state index is 10.7. The first kappa shape index (κ1) is 6.42. The summed E-state index contributed by atoms with van der Waals surface area (Å²) in [5, 5.41) is 5.67. The van der Waals surface area contributed by atoms with Crippen molar-refractivity contribution in [2.75, 3.05) is 6.54 Å². The summed E-state index contributed by atoms with van der Waals surface area (Å²) in [5.74, 6) is 0.752. The van der Waals surface area contributed by atoms with E-state index in [1.165, 1.54) is 0 Å². The van der Waals surface area contributed by atoms with Crippen LogP contribution in [-0.4, -0.2) is 12.5 Å². The maximum Gasteiger partial charge on any atom is 0.235 e. The molecule has 0 spiro atoms. The van der Waals surface area contributed by atoms with Gasteiger partial charge in [-0.2, -0.15) is 0 Å². The maximum atomic E-state index is 10.7. The minimum Gasteiger partial charge on any atom is -0.466 e. The average Bonchev–Trinajstić information content (AvgIpc) is 2.55. The van der Waals surface area contributed by atoms with Gasteiger partial charge in [-0.25, -0.2) is 0 Å². The van der Waals surface area contributed by atoms with Gasteiger partial charge in [0.15, 0.2) is 0 Å². The van der Waals surface area contributed by atoms with Gasteiger partial charge in [-0.15, -0.1) is 0 Å². The first-order valence-corrected chi connectivity index (χ1v) is 3.42. The number of nitrogens with one attached hydrogen (secondary N) is 2. The van der Waals surface area contributed by atoms with Crippen molar-refractivity contribution in [1.29, 1.82) is 0 Å². The van der Waals surface area contributed by atoms with Crippen molar-refractivity contribution in [1.82, 2.24) is 10.6 Å². The van der Waals surface area contributed by atoms with Crippen molar-refractivity contribution in [3.63, 3.8) is 0 Å². The van der Waals surface area contributed by atoms with Crippen LogP contribution < -0.4 is 10.6 Å². The zero-order chi connectivity index (χ0) is 7.68. The smallest absolute Gasteiger partial charge is 0.235 e. The molecular weight excluding hydrogens is 144 g/mol. The van der Waals surface area contributed by atoms with Crippen LogP contribution in [0.3, 0.4) is 0 Å². The second-order valence-electron chi connectivity index (χ2n) is 2.40. The van der Waals surface area contributed by atoms with Crippen LogP contribution in [0.4, 0.5) is 0 Å². The predicted molar refractivity (Wildman–Crippen MR) is 37.6 cm³/mol. The van der Waals surface area contributed by atoms with Crippen LogP contribution in [0.15, 0.2) is 22.8 Å². The van der Waals surface area contributed by atoms with E-state index in [1.807, 2.05) is 6.07 Å². The summed E-state index contributed by atoms with van der Waals surface area (Å²) < 4.78 is 5.09. The molecule has 1 aromatic heterocycles. The summed E-state index contributed by atoms with van der Waals surface area (Å²) in [5.41, 5.74) is 0. The molecule has 1 unspecified atom stereocenters. The molecule has 4 heteroatoms. The Morgan fingerprint density at radius 3 is 3.09 bits per heavy atom. The number of carbonyl (C=O) groups excluding carboxylic acids is 1. The first-order valence-electron chi connectivity index (χ1n) is 3.42. The van der Waals surface area contributed by atoms with Gasteiger partial charge in [0.1, 0.15) is 11.9 Å². The Labute approximate surface area is 63.6 Å². The number of rotatable bonds is 1.